The second-order valence-electron chi connectivity index (χ2n) is 7.31. The molecule has 0 bridgehead atoms. The molecule has 0 amide bonds. The number of hydrogen-bond donors (Lipinski definition) is 5. The number of nitrogens with two attached hydrogens (primary N) is 2. The lowest BCUT2D eigenvalue weighted by molar-refractivity contribution is 0.259. The number of sulfonamides is 1. The average molecular weight is 448 g/mol. The first kappa shape index (κ1) is 22.4. The van der Waals surface area contributed by atoms with Gasteiger partial charge in [0.15, 0.2) is 5.82 Å². The van der Waals surface area contributed by atoms with Crippen LogP contribution in [0.4, 0.5) is 23.4 Å². The van der Waals surface area contributed by atoms with Crippen molar-refractivity contribution in [2.24, 2.45) is 11.1 Å². The molecule has 3 rings (SSSR count). The Morgan fingerprint density at radius 2 is 1.90 bits per heavy atom. The van der Waals surface area contributed by atoms with Crippen LogP contribution in [-0.4, -0.2) is 50.9 Å². The number of nitrogen functional groups attached to an aromatic ring is 1. The van der Waals surface area contributed by atoms with Crippen LogP contribution >= 0.6 is 0 Å². The van der Waals surface area contributed by atoms with Crippen molar-refractivity contribution in [1.82, 2.24) is 24.7 Å². The first-order chi connectivity index (χ1) is 14.7. The highest BCUT2D eigenvalue weighted by molar-refractivity contribution is 7.89. The van der Waals surface area contributed by atoms with E-state index >= 15 is 0 Å². The van der Waals surface area contributed by atoms with Crippen LogP contribution in [0.15, 0.2) is 41.6 Å². The maximum Gasteiger partial charge on any atom is 0.248 e. The van der Waals surface area contributed by atoms with Gasteiger partial charge >= 0.3 is 0 Å². The van der Waals surface area contributed by atoms with Gasteiger partial charge in [-0.05, 0) is 36.6 Å². The summed E-state index contributed by atoms with van der Waals surface area (Å²) >= 11 is 0. The van der Waals surface area contributed by atoms with Gasteiger partial charge in [0.1, 0.15) is 12.1 Å². The molecule has 1 atom stereocenters. The zero-order valence-corrected chi connectivity index (χ0v) is 17.9. The predicted molar refractivity (Wildman–Crippen MR) is 116 cm³/mol. The van der Waals surface area contributed by atoms with Gasteiger partial charge in [-0.3, -0.25) is 0 Å². The van der Waals surface area contributed by atoms with E-state index in [2.05, 4.69) is 44.5 Å². The molecule has 0 aliphatic carbocycles. The van der Waals surface area contributed by atoms with Gasteiger partial charge in [-0.15, -0.1) is 5.10 Å². The molecule has 0 radical (unpaired) electrons. The summed E-state index contributed by atoms with van der Waals surface area (Å²) in [4.78, 5) is 12.5. The summed E-state index contributed by atoms with van der Waals surface area (Å²) in [5.74, 6) is 1.61. The van der Waals surface area contributed by atoms with Crippen molar-refractivity contribution < 1.29 is 13.5 Å². The molecule has 0 fully saturated rings. The fraction of sp³-hybridized carbons (Fsp3) is 0.333. The molecule has 0 saturated carbocycles. The fourth-order valence-electron chi connectivity index (χ4n) is 2.90. The zero-order valence-electron chi connectivity index (χ0n) is 17.1. The number of aliphatic hydroxyl groups is 1. The molecule has 13 heteroatoms. The minimum atomic E-state index is -3.77. The minimum Gasteiger partial charge on any atom is -0.394 e. The number of benzene rings is 1. The van der Waals surface area contributed by atoms with Crippen LogP contribution in [0.3, 0.4) is 0 Å². The molecule has 1 aromatic carbocycles. The minimum absolute atomic E-state index is 0.00397. The van der Waals surface area contributed by atoms with Crippen molar-refractivity contribution in [3.63, 3.8) is 0 Å². The van der Waals surface area contributed by atoms with Gasteiger partial charge in [0.05, 0.1) is 17.5 Å². The summed E-state index contributed by atoms with van der Waals surface area (Å²) in [6, 6.07) is 7.32. The maximum absolute atomic E-state index is 11.4. The summed E-state index contributed by atoms with van der Waals surface area (Å²) in [6.07, 6.45) is 2.14. The van der Waals surface area contributed by atoms with E-state index in [0.29, 0.717) is 23.2 Å². The lowest BCUT2D eigenvalue weighted by Gasteiger charge is -2.18. The number of nitrogens with one attached hydrogen (secondary N) is 2. The number of aromatic nitrogens is 5. The molecule has 2 aromatic heterocycles. The Balaban J connectivity index is 1.77. The normalized spacial score (nSPS) is 12.7. The van der Waals surface area contributed by atoms with Crippen LogP contribution in [0.1, 0.15) is 20.3 Å². The van der Waals surface area contributed by atoms with Gasteiger partial charge in [0, 0.05) is 11.8 Å². The van der Waals surface area contributed by atoms with E-state index in [0.717, 1.165) is 6.42 Å². The Labute approximate surface area is 179 Å². The first-order valence-corrected chi connectivity index (χ1v) is 11.0. The molecular weight excluding hydrogens is 422 g/mol. The molecule has 0 aliphatic rings. The van der Waals surface area contributed by atoms with Crippen molar-refractivity contribution >= 4 is 33.4 Å². The molecule has 3 aromatic rings. The van der Waals surface area contributed by atoms with E-state index in [1.165, 1.54) is 35.3 Å². The number of primary sulfonamides is 1. The third kappa shape index (κ3) is 5.87. The number of hydrogen-bond acceptors (Lipinski definition) is 10. The van der Waals surface area contributed by atoms with Gasteiger partial charge in [-0.25, -0.2) is 23.5 Å². The van der Waals surface area contributed by atoms with Gasteiger partial charge in [-0.1, -0.05) is 13.8 Å². The van der Waals surface area contributed by atoms with Crippen molar-refractivity contribution in [3.8, 4) is 5.82 Å². The lowest BCUT2D eigenvalue weighted by Crippen LogP contribution is -2.26. The molecule has 12 nitrogen and oxygen atoms in total. The van der Waals surface area contributed by atoms with E-state index in [4.69, 9.17) is 10.9 Å². The molecule has 0 unspecified atom stereocenters. The van der Waals surface area contributed by atoms with E-state index in [9.17, 15) is 13.5 Å². The van der Waals surface area contributed by atoms with Crippen molar-refractivity contribution in [3.05, 3.63) is 36.7 Å². The Bertz CT molecular complexity index is 1130. The Morgan fingerprint density at radius 3 is 2.52 bits per heavy atom. The highest BCUT2D eigenvalue weighted by atomic mass is 32.2. The van der Waals surface area contributed by atoms with Crippen LogP contribution in [0.25, 0.3) is 5.82 Å². The fourth-order valence-corrected chi connectivity index (χ4v) is 3.42. The SMILES string of the molecule is CC(C)C[C@@H](CO)Nc1cc(-n2nc(Nc3ccc(S(N)(=O)=O)cc3)nc2N)ncn1. The summed E-state index contributed by atoms with van der Waals surface area (Å²) < 4.78 is 24.0. The predicted octanol–water partition coefficient (Wildman–Crippen LogP) is 0.849. The first-order valence-electron chi connectivity index (χ1n) is 9.48. The maximum atomic E-state index is 11.4. The monoisotopic (exact) mass is 447 g/mol. The Morgan fingerprint density at radius 1 is 1.19 bits per heavy atom. The van der Waals surface area contributed by atoms with Crippen LogP contribution in [0.2, 0.25) is 0 Å². The van der Waals surface area contributed by atoms with Crippen molar-refractivity contribution in [2.45, 2.75) is 31.2 Å². The number of anilines is 4. The van der Waals surface area contributed by atoms with E-state index in [1.54, 1.807) is 6.07 Å². The molecule has 0 spiro atoms. The second kappa shape index (κ2) is 9.24. The quantitative estimate of drug-likeness (QED) is 0.314. The third-order valence-corrected chi connectivity index (χ3v) is 5.20. The average Bonchev–Trinajstić information content (AvgIpc) is 3.07. The molecule has 7 N–H and O–H groups in total. The zero-order chi connectivity index (χ0) is 22.6. The van der Waals surface area contributed by atoms with E-state index < -0.39 is 10.0 Å². The number of rotatable bonds is 9. The highest BCUT2D eigenvalue weighted by Crippen LogP contribution is 2.19. The number of aliphatic hydroxyl groups excluding tert-OH is 1. The van der Waals surface area contributed by atoms with Gasteiger partial charge in [0.2, 0.25) is 21.9 Å². The van der Waals surface area contributed by atoms with Gasteiger partial charge in [0.25, 0.3) is 0 Å². The molecular formula is C18H25N9O3S. The van der Waals surface area contributed by atoms with Gasteiger partial charge < -0.3 is 21.5 Å². The number of nitrogens with zero attached hydrogens (tertiary/aromatic N) is 5. The Hall–Kier alpha value is -3.29. The highest BCUT2D eigenvalue weighted by Gasteiger charge is 2.14. The smallest absolute Gasteiger partial charge is 0.248 e. The molecule has 166 valence electrons. The second-order valence-corrected chi connectivity index (χ2v) is 8.88. The molecule has 2 heterocycles. The van der Waals surface area contributed by atoms with Gasteiger partial charge in [-0.2, -0.15) is 9.67 Å². The summed E-state index contributed by atoms with van der Waals surface area (Å²) in [6.45, 7) is 4.12. The van der Waals surface area contributed by atoms with Crippen LogP contribution in [0.5, 0.6) is 0 Å². The molecule has 0 aliphatic heterocycles. The summed E-state index contributed by atoms with van der Waals surface area (Å²) in [7, 11) is -3.77. The summed E-state index contributed by atoms with van der Waals surface area (Å²) in [5, 5.41) is 25.1. The standard InChI is InChI=1S/C18H25N9O3S/c1-11(2)7-13(9-28)23-15-8-16(22-10-21-15)27-17(19)25-18(26-27)24-12-3-5-14(6-4-12)31(20,29)30/h3-6,8,10-11,13,28H,7,9H2,1-2H3,(H2,20,29,30)(H,21,22,23)(H3,19,24,25,26)/t13-/m0/s1. The van der Waals surface area contributed by atoms with E-state index in [1.807, 2.05) is 0 Å². The van der Waals surface area contributed by atoms with E-state index in [-0.39, 0.29) is 29.4 Å². The van der Waals surface area contributed by atoms with Crippen LogP contribution in [0, 0.1) is 5.92 Å². The topological polar surface area (TPSA) is 187 Å². The largest absolute Gasteiger partial charge is 0.394 e. The summed E-state index contributed by atoms with van der Waals surface area (Å²) in [5.41, 5.74) is 6.53. The van der Waals surface area contributed by atoms with Crippen LogP contribution in [-0.2, 0) is 10.0 Å². The molecule has 0 saturated heterocycles. The van der Waals surface area contributed by atoms with Crippen molar-refractivity contribution in [2.75, 3.05) is 23.0 Å². The molecule has 31 heavy (non-hydrogen) atoms. The van der Waals surface area contributed by atoms with Crippen molar-refractivity contribution in [1.29, 1.82) is 0 Å². The van der Waals surface area contributed by atoms with Crippen LogP contribution < -0.4 is 21.5 Å². The lowest BCUT2D eigenvalue weighted by atomic mass is 10.0. The third-order valence-electron chi connectivity index (χ3n) is 4.27. The Kier molecular flexibility index (Phi) is 6.68.